The fourth-order valence-electron chi connectivity index (χ4n) is 23.6. The summed E-state index contributed by atoms with van der Waals surface area (Å²) in [5.74, 6) is 3.60. The fourth-order valence-corrected chi connectivity index (χ4v) is 25.9. The second-order valence-corrected chi connectivity index (χ2v) is 38.5. The van der Waals surface area contributed by atoms with Crippen molar-refractivity contribution in [2.45, 2.75) is 26.0 Å². The van der Waals surface area contributed by atoms with Crippen molar-refractivity contribution < 1.29 is 18.3 Å². The van der Waals surface area contributed by atoms with E-state index in [4.69, 9.17) is 18.3 Å². The molecule has 3 N–H and O–H groups in total. The number of hydrogen-bond donors (Lipinski definition) is 3. The molecule has 3 aliphatic carbocycles. The van der Waals surface area contributed by atoms with Gasteiger partial charge < -0.3 is 34.3 Å². The predicted molar refractivity (Wildman–Crippen MR) is 568 cm³/mol. The van der Waals surface area contributed by atoms with Crippen LogP contribution in [0.15, 0.2) is 492 Å². The smallest absolute Gasteiger partial charge is 0.137 e. The summed E-state index contributed by atoms with van der Waals surface area (Å²) in [5, 5.41) is 18.2. The third kappa shape index (κ3) is 12.0. The van der Waals surface area contributed by atoms with Gasteiger partial charge in [0.2, 0.25) is 0 Å². The second kappa shape index (κ2) is 31.5. The molecular formula is C129H81N3O4S2. The van der Waals surface area contributed by atoms with Crippen LogP contribution in [0.25, 0.3) is 131 Å². The first-order chi connectivity index (χ1) is 68.4. The molecule has 3 aromatic heterocycles. The highest BCUT2D eigenvalue weighted by atomic mass is 32.2. The standard InChI is InChI=1S/C43H27NO2.2C43H27NOS/c1-5-16-32-29(13-1)30-14-2-6-17-33(30)43(32)34-18-7-10-22-39(34)46-40-25-24-27(26-35(40)43)28-12-3-8-19-36(28)44-37-20-11-23-41-42(37)31-15-4-9-21-38(31)45-41;1-4-16-33-30(13-1)31-14-2-5-17-34(31)43(33)35-18-6-7-20-38(35)45-39-24-23-28(26-36(39)43)27-11-9-12-29(25-27)44-37-19-10-22-41-42(37)32-15-3-8-21-40(32)46-41;1-4-13-33-30(10-1)31-11-2-5-14-34(31)43(33)35-15-6-8-19-40(35)46-41-25-22-28(26-36(41)43)27-20-23-29(24-21-27)44-37-16-9-18-39-42(37)32-12-3-7-17-38(32)45-39/h3*1-26,44H. The Morgan fingerprint density at radius 3 is 1.11 bits per heavy atom. The summed E-state index contributed by atoms with van der Waals surface area (Å²) < 4.78 is 28.2. The summed E-state index contributed by atoms with van der Waals surface area (Å²) >= 11 is 3.73. The zero-order chi connectivity index (χ0) is 90.7. The van der Waals surface area contributed by atoms with Gasteiger partial charge in [0, 0.05) is 91.3 Å². The number of hydrogen-bond acceptors (Lipinski definition) is 9. The largest absolute Gasteiger partial charge is 0.457 e. The number of para-hydroxylation sites is 5. The van der Waals surface area contributed by atoms with Crippen LogP contribution in [0.4, 0.5) is 34.1 Å². The molecular weight excluding hydrogens is 1720 g/mol. The molecule has 648 valence electrons. The van der Waals surface area contributed by atoms with Crippen LogP contribution in [0.3, 0.4) is 0 Å². The molecule has 0 radical (unpaired) electrons. The van der Waals surface area contributed by atoms with E-state index >= 15 is 0 Å². The van der Waals surface area contributed by atoms with Crippen molar-refractivity contribution in [3.8, 4) is 89.8 Å². The van der Waals surface area contributed by atoms with Crippen LogP contribution in [0.5, 0.6) is 23.0 Å². The van der Waals surface area contributed by atoms with Crippen LogP contribution in [0.1, 0.15) is 66.8 Å². The summed E-state index contributed by atoms with van der Waals surface area (Å²) in [7, 11) is 0. The van der Waals surface area contributed by atoms with Gasteiger partial charge in [0.25, 0.3) is 0 Å². The van der Waals surface area contributed by atoms with Crippen molar-refractivity contribution in [1.29, 1.82) is 0 Å². The van der Waals surface area contributed by atoms with Crippen LogP contribution >= 0.6 is 23.1 Å². The minimum atomic E-state index is -0.503. The number of nitrogens with one attached hydrogen (secondary N) is 3. The molecule has 6 aliphatic rings. The Kier molecular flexibility index (Phi) is 18.1. The van der Waals surface area contributed by atoms with Gasteiger partial charge in [-0.1, -0.05) is 345 Å². The van der Waals surface area contributed by atoms with Gasteiger partial charge >= 0.3 is 0 Å². The van der Waals surface area contributed by atoms with Crippen molar-refractivity contribution in [3.05, 3.63) is 540 Å². The molecule has 30 rings (SSSR count). The average molecular weight is 1800 g/mol. The van der Waals surface area contributed by atoms with Crippen LogP contribution in [0.2, 0.25) is 0 Å². The number of benzene rings is 21. The van der Waals surface area contributed by atoms with Gasteiger partial charge in [-0.25, -0.2) is 0 Å². The lowest BCUT2D eigenvalue weighted by atomic mass is 9.66. The molecule has 0 saturated heterocycles. The molecule has 21 aromatic carbocycles. The van der Waals surface area contributed by atoms with E-state index in [0.29, 0.717) is 0 Å². The van der Waals surface area contributed by atoms with Crippen LogP contribution in [0, 0.1) is 0 Å². The summed E-state index contributed by atoms with van der Waals surface area (Å²) in [5.41, 5.74) is 38.5. The molecule has 7 nitrogen and oxygen atoms in total. The van der Waals surface area contributed by atoms with E-state index in [1.54, 1.807) is 0 Å². The minimum absolute atomic E-state index is 0.367. The fraction of sp³-hybridized carbons (Fsp3) is 0.0233. The van der Waals surface area contributed by atoms with Crippen molar-refractivity contribution >= 4 is 121 Å². The van der Waals surface area contributed by atoms with Crippen molar-refractivity contribution in [3.63, 3.8) is 0 Å². The van der Waals surface area contributed by atoms with Gasteiger partial charge in [-0.15, -0.1) is 11.3 Å². The Morgan fingerprint density at radius 2 is 0.543 bits per heavy atom. The maximum atomic E-state index is 6.67. The molecule has 0 bridgehead atoms. The van der Waals surface area contributed by atoms with E-state index in [1.165, 1.54) is 136 Å². The maximum absolute atomic E-state index is 6.67. The first-order valence-electron chi connectivity index (χ1n) is 47.0. The zero-order valence-corrected chi connectivity index (χ0v) is 76.1. The van der Waals surface area contributed by atoms with E-state index in [-0.39, 0.29) is 5.41 Å². The molecule has 3 spiro atoms. The van der Waals surface area contributed by atoms with Crippen LogP contribution in [-0.4, -0.2) is 0 Å². The van der Waals surface area contributed by atoms with Crippen molar-refractivity contribution in [2.24, 2.45) is 0 Å². The van der Waals surface area contributed by atoms with Gasteiger partial charge in [0.1, 0.15) is 45.3 Å². The molecule has 0 unspecified atom stereocenters. The highest BCUT2D eigenvalue weighted by molar-refractivity contribution is 7.99. The molecule has 0 amide bonds. The van der Waals surface area contributed by atoms with Gasteiger partial charge in [0.15, 0.2) is 0 Å². The van der Waals surface area contributed by atoms with E-state index < -0.39 is 10.8 Å². The van der Waals surface area contributed by atoms with E-state index in [0.717, 1.165) is 129 Å². The summed E-state index contributed by atoms with van der Waals surface area (Å²) in [6.07, 6.45) is 0. The van der Waals surface area contributed by atoms with Crippen molar-refractivity contribution in [2.75, 3.05) is 16.0 Å². The Bertz CT molecular complexity index is 9040. The number of furan rings is 2. The summed E-state index contributed by atoms with van der Waals surface area (Å²) in [4.78, 5) is 2.64. The number of rotatable bonds is 9. The Balaban J connectivity index is 0.000000102. The van der Waals surface area contributed by atoms with Gasteiger partial charge in [-0.05, 0) is 245 Å². The maximum Gasteiger partial charge on any atom is 0.137 e. The van der Waals surface area contributed by atoms with Gasteiger partial charge in [0.05, 0.1) is 38.4 Å². The number of fused-ring (bicyclic) bond motifs is 36. The SMILES string of the molecule is c1cc(Nc2cccc3sc4ccccc4c23)cc(-c2ccc3c(c2)C2(c4ccccc4O3)c3ccccc3-c3ccccc32)c1.c1ccc(-c2ccc3c(c2)C2(c4ccccc4O3)c3ccccc3-c3ccccc32)c(Nc2cccc3oc4ccccc4c23)c1.c1ccc2c(c1)Sc1ccc(-c3ccc(Nc4cccc5oc6ccccc6c45)cc3)cc1C21c2ccccc2-c2ccccc21. The summed E-state index contributed by atoms with van der Waals surface area (Å²) in [6.45, 7) is 0. The Morgan fingerprint density at radius 1 is 0.188 bits per heavy atom. The highest BCUT2D eigenvalue weighted by Gasteiger charge is 2.54. The summed E-state index contributed by atoms with van der Waals surface area (Å²) in [6, 6.07) is 170. The lowest BCUT2D eigenvalue weighted by Gasteiger charge is -2.40. The lowest BCUT2D eigenvalue weighted by Crippen LogP contribution is -2.32. The molecule has 3 aliphatic heterocycles. The zero-order valence-electron chi connectivity index (χ0n) is 74.5. The first kappa shape index (κ1) is 79.4. The molecule has 138 heavy (non-hydrogen) atoms. The lowest BCUT2D eigenvalue weighted by molar-refractivity contribution is 0.436. The van der Waals surface area contributed by atoms with E-state index in [2.05, 4.69) is 441 Å². The minimum Gasteiger partial charge on any atom is -0.457 e. The second-order valence-electron chi connectivity index (χ2n) is 36.4. The monoisotopic (exact) mass is 1800 g/mol. The van der Waals surface area contributed by atoms with Crippen LogP contribution < -0.4 is 25.4 Å². The predicted octanol–water partition coefficient (Wildman–Crippen LogP) is 35.2. The quantitative estimate of drug-likeness (QED) is 0.132. The third-order valence-corrected chi connectivity index (χ3v) is 31.5. The van der Waals surface area contributed by atoms with E-state index in [1.807, 2.05) is 71.6 Å². The topological polar surface area (TPSA) is 80.8 Å². The van der Waals surface area contributed by atoms with Crippen molar-refractivity contribution in [1.82, 2.24) is 0 Å². The molecule has 6 heterocycles. The number of anilines is 6. The van der Waals surface area contributed by atoms with E-state index in [9.17, 15) is 0 Å². The third-order valence-electron chi connectivity index (χ3n) is 29.2. The molecule has 0 atom stereocenters. The highest BCUT2D eigenvalue weighted by Crippen LogP contribution is 2.67. The molecule has 0 fully saturated rings. The Labute approximate surface area is 805 Å². The molecule has 0 saturated carbocycles. The molecule has 24 aromatic rings. The average Bonchev–Trinajstić information content (AvgIpc) is 1.43. The number of ether oxygens (including phenoxy) is 2. The molecule has 9 heteroatoms. The van der Waals surface area contributed by atoms with Gasteiger partial charge in [-0.2, -0.15) is 0 Å². The van der Waals surface area contributed by atoms with Crippen LogP contribution in [-0.2, 0) is 16.2 Å². The number of thiophene rings is 1. The van der Waals surface area contributed by atoms with Gasteiger partial charge in [-0.3, -0.25) is 0 Å². The normalized spacial score (nSPS) is 13.6. The first-order valence-corrected chi connectivity index (χ1v) is 48.7. The Hall–Kier alpha value is -17.2.